The van der Waals surface area contributed by atoms with Crippen molar-refractivity contribution in [3.8, 4) is 6.07 Å². The zero-order chi connectivity index (χ0) is 22.4. The first-order chi connectivity index (χ1) is 14.9. The molecule has 1 fully saturated rings. The summed E-state index contributed by atoms with van der Waals surface area (Å²) in [5.41, 5.74) is 4.02. The third-order valence-corrected chi connectivity index (χ3v) is 5.78. The Morgan fingerprint density at radius 1 is 1.23 bits per heavy atom. The van der Waals surface area contributed by atoms with Gasteiger partial charge in [0, 0.05) is 51.4 Å². The molecular formula is C23H31N5O3. The summed E-state index contributed by atoms with van der Waals surface area (Å²) >= 11 is 0. The van der Waals surface area contributed by atoms with Crippen LogP contribution in [0.2, 0.25) is 0 Å². The van der Waals surface area contributed by atoms with E-state index >= 15 is 0 Å². The maximum Gasteiger partial charge on any atom is 0.338 e. The van der Waals surface area contributed by atoms with Gasteiger partial charge >= 0.3 is 12.0 Å². The van der Waals surface area contributed by atoms with Crippen molar-refractivity contribution < 1.29 is 14.3 Å². The normalized spacial score (nSPS) is 20.1. The number of benzene rings is 1. The summed E-state index contributed by atoms with van der Waals surface area (Å²) in [6.45, 7) is 10.6. The van der Waals surface area contributed by atoms with Gasteiger partial charge in [0.15, 0.2) is 0 Å². The van der Waals surface area contributed by atoms with Crippen molar-refractivity contribution in [2.75, 3.05) is 45.9 Å². The molecule has 8 nitrogen and oxygen atoms in total. The second-order valence-corrected chi connectivity index (χ2v) is 8.03. The Balaban J connectivity index is 1.88. The lowest BCUT2D eigenvalue weighted by Crippen LogP contribution is -2.51. The molecule has 8 heteroatoms. The molecule has 1 aromatic rings. The number of piperazine rings is 1. The van der Waals surface area contributed by atoms with E-state index in [2.05, 4.69) is 26.5 Å². The largest absolute Gasteiger partial charge is 0.463 e. The van der Waals surface area contributed by atoms with Crippen LogP contribution in [0.25, 0.3) is 0 Å². The predicted octanol–water partition coefficient (Wildman–Crippen LogP) is 2.01. The van der Waals surface area contributed by atoms with Crippen molar-refractivity contribution >= 4 is 12.0 Å². The van der Waals surface area contributed by atoms with Gasteiger partial charge in [0.1, 0.15) is 0 Å². The lowest BCUT2D eigenvalue weighted by Gasteiger charge is -2.37. The number of nitrogens with one attached hydrogen (secondary N) is 2. The van der Waals surface area contributed by atoms with E-state index in [1.54, 1.807) is 6.92 Å². The number of amides is 2. The fourth-order valence-corrected chi connectivity index (χ4v) is 4.10. The zero-order valence-corrected chi connectivity index (χ0v) is 18.5. The fourth-order valence-electron chi connectivity index (χ4n) is 4.10. The van der Waals surface area contributed by atoms with E-state index in [0.717, 1.165) is 49.4 Å². The zero-order valence-electron chi connectivity index (χ0n) is 18.5. The van der Waals surface area contributed by atoms with Gasteiger partial charge in [0.2, 0.25) is 0 Å². The Hall–Kier alpha value is -2.89. The monoisotopic (exact) mass is 425 g/mol. The molecule has 0 radical (unpaired) electrons. The number of carbonyl (C=O) groups excluding carboxylic acids is 2. The van der Waals surface area contributed by atoms with Crippen molar-refractivity contribution in [2.24, 2.45) is 0 Å². The van der Waals surface area contributed by atoms with Crippen molar-refractivity contribution in [1.29, 1.82) is 5.26 Å². The number of esters is 1. The summed E-state index contributed by atoms with van der Waals surface area (Å²) in [5.74, 6) is -0.413. The van der Waals surface area contributed by atoms with E-state index in [-0.39, 0.29) is 12.6 Å². The number of aryl methyl sites for hydroxylation is 2. The molecule has 0 saturated carbocycles. The second kappa shape index (κ2) is 10.4. The summed E-state index contributed by atoms with van der Waals surface area (Å²) in [5, 5.41) is 14.6. The number of hydrogen-bond donors (Lipinski definition) is 2. The van der Waals surface area contributed by atoms with Crippen LogP contribution in [0.5, 0.6) is 0 Å². The molecule has 0 aliphatic carbocycles. The minimum Gasteiger partial charge on any atom is -0.463 e. The molecule has 2 aliphatic heterocycles. The lowest BCUT2D eigenvalue weighted by atomic mass is 9.91. The minimum atomic E-state index is -0.556. The minimum absolute atomic E-state index is 0.265. The highest BCUT2D eigenvalue weighted by atomic mass is 16.5. The Labute approximate surface area is 183 Å². The molecule has 0 aromatic heterocycles. The van der Waals surface area contributed by atoms with Crippen LogP contribution in [-0.4, -0.2) is 67.7 Å². The van der Waals surface area contributed by atoms with E-state index in [1.165, 1.54) is 0 Å². The predicted molar refractivity (Wildman–Crippen MR) is 117 cm³/mol. The second-order valence-electron chi connectivity index (χ2n) is 8.03. The van der Waals surface area contributed by atoms with Gasteiger partial charge in [-0.25, -0.2) is 9.59 Å². The molecule has 2 heterocycles. The van der Waals surface area contributed by atoms with Gasteiger partial charge in [-0.1, -0.05) is 23.8 Å². The lowest BCUT2D eigenvalue weighted by molar-refractivity contribution is -0.139. The highest BCUT2D eigenvalue weighted by molar-refractivity contribution is 5.95. The smallest absolute Gasteiger partial charge is 0.338 e. The van der Waals surface area contributed by atoms with Gasteiger partial charge in [-0.05, 0) is 31.9 Å². The Bertz CT molecular complexity index is 897. The molecule has 2 amide bonds. The first kappa shape index (κ1) is 22.8. The van der Waals surface area contributed by atoms with Crippen molar-refractivity contribution in [3.63, 3.8) is 0 Å². The topological polar surface area (TPSA) is 97.7 Å². The van der Waals surface area contributed by atoms with Gasteiger partial charge in [0.25, 0.3) is 0 Å². The Kier molecular flexibility index (Phi) is 7.66. The number of nitrogens with zero attached hydrogens (tertiary/aromatic N) is 3. The molecule has 0 unspecified atom stereocenters. The summed E-state index contributed by atoms with van der Waals surface area (Å²) in [4.78, 5) is 30.0. The van der Waals surface area contributed by atoms with Crippen LogP contribution in [0.4, 0.5) is 4.79 Å². The number of rotatable bonds is 7. The molecule has 166 valence electrons. The number of urea groups is 1. The quantitative estimate of drug-likeness (QED) is 0.649. The summed E-state index contributed by atoms with van der Waals surface area (Å²) in [6, 6.07) is 7.34. The molecule has 3 rings (SSSR count). The van der Waals surface area contributed by atoms with E-state index < -0.39 is 12.0 Å². The van der Waals surface area contributed by atoms with E-state index in [1.807, 2.05) is 32.0 Å². The van der Waals surface area contributed by atoms with Gasteiger partial charge in [0.05, 0.1) is 24.3 Å². The molecule has 2 aliphatic rings. The number of carbonyl (C=O) groups is 2. The summed E-state index contributed by atoms with van der Waals surface area (Å²) < 4.78 is 5.37. The number of ether oxygens (including phenoxy) is 1. The third-order valence-electron chi connectivity index (χ3n) is 5.78. The average molecular weight is 426 g/mol. The first-order valence-electron chi connectivity index (χ1n) is 10.8. The Morgan fingerprint density at radius 2 is 1.94 bits per heavy atom. The van der Waals surface area contributed by atoms with Crippen LogP contribution in [-0.2, 0) is 9.53 Å². The van der Waals surface area contributed by atoms with Gasteiger partial charge in [-0.2, -0.15) is 5.26 Å². The van der Waals surface area contributed by atoms with Gasteiger partial charge < -0.3 is 15.4 Å². The van der Waals surface area contributed by atoms with Crippen LogP contribution in [0.3, 0.4) is 0 Å². The number of hydrogen-bond acceptors (Lipinski definition) is 6. The third kappa shape index (κ3) is 5.63. The first-order valence-corrected chi connectivity index (χ1v) is 10.8. The molecule has 0 bridgehead atoms. The van der Waals surface area contributed by atoms with Crippen molar-refractivity contribution in [2.45, 2.75) is 33.2 Å². The fraction of sp³-hybridized carbons (Fsp3) is 0.522. The molecular weight excluding hydrogens is 394 g/mol. The number of nitriles is 1. The van der Waals surface area contributed by atoms with Gasteiger partial charge in [-0.3, -0.25) is 9.80 Å². The molecule has 0 spiro atoms. The van der Waals surface area contributed by atoms with E-state index in [9.17, 15) is 9.59 Å². The highest BCUT2D eigenvalue weighted by Gasteiger charge is 2.35. The SMILES string of the molecule is CCOC(=O)C1=C(CN2CCN(CCC#N)CC2)NC(=O)N[C@@H]1c1cc(C)ccc1C. The van der Waals surface area contributed by atoms with Crippen LogP contribution < -0.4 is 10.6 Å². The highest BCUT2D eigenvalue weighted by Crippen LogP contribution is 2.31. The van der Waals surface area contributed by atoms with Crippen molar-refractivity contribution in [3.05, 3.63) is 46.2 Å². The molecule has 31 heavy (non-hydrogen) atoms. The summed E-state index contributed by atoms with van der Waals surface area (Å²) in [7, 11) is 0. The van der Waals surface area contributed by atoms with Gasteiger partial charge in [-0.15, -0.1) is 0 Å². The Morgan fingerprint density at radius 3 is 2.61 bits per heavy atom. The standard InChI is InChI=1S/C23H31N5O3/c1-4-31-22(29)20-19(15-28-12-10-27(11-13-28)9-5-8-24)25-23(30)26-21(20)18-14-16(2)6-7-17(18)3/h6-7,14,21H,4-5,9-13,15H2,1-3H3,(H2,25,26,30)/t21-/m1/s1. The molecule has 2 N–H and O–H groups in total. The summed E-state index contributed by atoms with van der Waals surface area (Å²) in [6.07, 6.45) is 0.525. The maximum absolute atomic E-state index is 13.0. The molecule has 1 saturated heterocycles. The molecule has 1 atom stereocenters. The van der Waals surface area contributed by atoms with Crippen LogP contribution >= 0.6 is 0 Å². The van der Waals surface area contributed by atoms with Crippen LogP contribution in [0, 0.1) is 25.2 Å². The van der Waals surface area contributed by atoms with E-state index in [4.69, 9.17) is 10.00 Å². The van der Waals surface area contributed by atoms with E-state index in [0.29, 0.717) is 24.2 Å². The maximum atomic E-state index is 13.0. The van der Waals surface area contributed by atoms with Crippen LogP contribution in [0.15, 0.2) is 29.5 Å². The average Bonchev–Trinajstić information content (AvgIpc) is 2.74. The molecule has 1 aromatic carbocycles. The van der Waals surface area contributed by atoms with Crippen molar-refractivity contribution in [1.82, 2.24) is 20.4 Å². The van der Waals surface area contributed by atoms with Crippen LogP contribution in [0.1, 0.15) is 36.1 Å².